The van der Waals surface area contributed by atoms with Gasteiger partial charge in [0.15, 0.2) is 0 Å². The molecule has 3 aliphatic heterocycles. The number of pyridine rings is 1. The van der Waals surface area contributed by atoms with Crippen LogP contribution >= 0.6 is 0 Å². The normalized spacial score (nSPS) is 30.7. The molecule has 0 aliphatic carbocycles. The number of rotatable bonds is 1. The third-order valence-electron chi connectivity index (χ3n) is 6.35. The van der Waals surface area contributed by atoms with E-state index in [0.29, 0.717) is 5.56 Å². The Balaban J connectivity index is 1.45. The number of ether oxygens (including phenoxy) is 2. The fraction of sp³-hybridized carbons (Fsp3) is 0.455. The average Bonchev–Trinajstić information content (AvgIpc) is 3.10. The fourth-order valence-corrected chi connectivity index (χ4v) is 4.95. The molecule has 4 heterocycles. The van der Waals surface area contributed by atoms with Gasteiger partial charge >= 0.3 is 0 Å². The first-order chi connectivity index (χ1) is 13.0. The number of carbonyl (C=O) groups is 1. The summed E-state index contributed by atoms with van der Waals surface area (Å²) in [7, 11) is 0. The Morgan fingerprint density at radius 3 is 2.78 bits per heavy atom. The molecule has 0 spiro atoms. The molecule has 0 bridgehead atoms. The Bertz CT molecular complexity index is 867. The highest BCUT2D eigenvalue weighted by molar-refractivity contribution is 5.94. The van der Waals surface area contributed by atoms with Crippen LogP contribution in [0.5, 0.6) is 5.75 Å². The van der Waals surface area contributed by atoms with Gasteiger partial charge in [0.05, 0.1) is 18.2 Å². The first kappa shape index (κ1) is 16.8. The molecule has 140 valence electrons. The second kappa shape index (κ2) is 6.06. The molecule has 5 nitrogen and oxygen atoms in total. The predicted octanol–water partition coefficient (Wildman–Crippen LogP) is 3.61. The van der Waals surface area contributed by atoms with Crippen molar-refractivity contribution in [2.75, 3.05) is 6.54 Å². The number of aromatic nitrogens is 1. The Morgan fingerprint density at radius 1 is 1.19 bits per heavy atom. The molecule has 1 aromatic carbocycles. The summed E-state index contributed by atoms with van der Waals surface area (Å²) in [5.74, 6) is 1.20. The number of hydrogen-bond donors (Lipinski definition) is 0. The van der Waals surface area contributed by atoms with Crippen molar-refractivity contribution in [3.8, 4) is 5.75 Å². The van der Waals surface area contributed by atoms with Gasteiger partial charge in [0.2, 0.25) is 0 Å². The number of hydrogen-bond acceptors (Lipinski definition) is 4. The summed E-state index contributed by atoms with van der Waals surface area (Å²) in [4.78, 5) is 19.0. The van der Waals surface area contributed by atoms with Gasteiger partial charge in [-0.05, 0) is 44.9 Å². The number of benzene rings is 1. The zero-order valence-corrected chi connectivity index (χ0v) is 15.7. The topological polar surface area (TPSA) is 51.7 Å². The summed E-state index contributed by atoms with van der Waals surface area (Å²) in [6.07, 6.45) is 5.23. The summed E-state index contributed by atoms with van der Waals surface area (Å²) >= 11 is 0. The van der Waals surface area contributed by atoms with Crippen LogP contribution in [0.1, 0.15) is 48.7 Å². The smallest absolute Gasteiger partial charge is 0.254 e. The van der Waals surface area contributed by atoms with Gasteiger partial charge in [-0.25, -0.2) is 0 Å². The summed E-state index contributed by atoms with van der Waals surface area (Å²) in [5.41, 5.74) is 1.49. The molecular formula is C22H24N2O3. The zero-order chi connectivity index (χ0) is 18.6. The first-order valence-electron chi connectivity index (χ1n) is 9.69. The number of nitrogens with zero attached hydrogens (tertiary/aromatic N) is 2. The quantitative estimate of drug-likeness (QED) is 0.776. The van der Waals surface area contributed by atoms with Crippen molar-refractivity contribution in [2.24, 2.45) is 5.92 Å². The molecular weight excluding hydrogens is 340 g/mol. The van der Waals surface area contributed by atoms with Crippen molar-refractivity contribution in [3.63, 3.8) is 0 Å². The number of fused-ring (bicyclic) bond motifs is 4. The van der Waals surface area contributed by atoms with Crippen LogP contribution < -0.4 is 4.74 Å². The second-order valence-corrected chi connectivity index (χ2v) is 8.27. The lowest BCUT2D eigenvalue weighted by Crippen LogP contribution is -2.54. The van der Waals surface area contributed by atoms with Crippen LogP contribution in [0.4, 0.5) is 0 Å². The molecule has 2 saturated heterocycles. The molecule has 0 N–H and O–H groups in total. The SMILES string of the molecule is CC1(C)Oc2ccccc2[C@@H]2O[C@@H]3CCN(C(=O)c4ccncc4)[C@@H]3C[C@H]21. The lowest BCUT2D eigenvalue weighted by atomic mass is 9.74. The van der Waals surface area contributed by atoms with Gasteiger partial charge in [0.1, 0.15) is 11.4 Å². The molecule has 27 heavy (non-hydrogen) atoms. The first-order valence-corrected chi connectivity index (χ1v) is 9.69. The van der Waals surface area contributed by atoms with E-state index in [1.807, 2.05) is 23.1 Å². The molecule has 3 aliphatic rings. The molecule has 0 saturated carbocycles. The highest BCUT2D eigenvalue weighted by atomic mass is 16.5. The fourth-order valence-electron chi connectivity index (χ4n) is 4.95. The van der Waals surface area contributed by atoms with E-state index in [1.54, 1.807) is 24.5 Å². The highest BCUT2D eigenvalue weighted by Gasteiger charge is 2.53. The lowest BCUT2D eigenvalue weighted by molar-refractivity contribution is -0.159. The summed E-state index contributed by atoms with van der Waals surface area (Å²) < 4.78 is 12.9. The van der Waals surface area contributed by atoms with Gasteiger partial charge < -0.3 is 14.4 Å². The summed E-state index contributed by atoms with van der Waals surface area (Å²) in [6, 6.07) is 11.8. The molecule has 5 heteroatoms. The van der Waals surface area contributed by atoms with Crippen LogP contribution in [0.2, 0.25) is 0 Å². The molecule has 1 aromatic heterocycles. The van der Waals surface area contributed by atoms with Crippen LogP contribution in [0.3, 0.4) is 0 Å². The zero-order valence-electron chi connectivity index (χ0n) is 15.7. The van der Waals surface area contributed by atoms with Crippen molar-refractivity contribution in [2.45, 2.75) is 50.5 Å². The molecule has 2 aromatic rings. The summed E-state index contributed by atoms with van der Waals surface area (Å²) in [6.45, 7) is 5.00. The predicted molar refractivity (Wildman–Crippen MR) is 101 cm³/mol. The number of likely N-dealkylation sites (tertiary alicyclic amines) is 1. The van der Waals surface area contributed by atoms with Crippen LogP contribution in [-0.2, 0) is 4.74 Å². The lowest BCUT2D eigenvalue weighted by Gasteiger charge is -2.50. The van der Waals surface area contributed by atoms with Gasteiger partial charge in [-0.3, -0.25) is 9.78 Å². The van der Waals surface area contributed by atoms with Crippen molar-refractivity contribution in [3.05, 3.63) is 59.9 Å². The van der Waals surface area contributed by atoms with E-state index in [1.165, 1.54) is 0 Å². The van der Waals surface area contributed by atoms with Crippen LogP contribution in [0.15, 0.2) is 48.8 Å². The van der Waals surface area contributed by atoms with E-state index in [4.69, 9.17) is 9.47 Å². The standard InChI is InChI=1S/C22H24N2O3/c1-22(2)16-13-17-19(26-20(16)15-5-3-4-6-18(15)27-22)9-12-24(17)21(25)14-7-10-23-11-8-14/h3-8,10-11,16-17,19-20H,9,12-13H2,1-2H3/t16-,17-,19-,20+/m1/s1. The minimum absolute atomic E-state index is 0.0298. The van der Waals surface area contributed by atoms with E-state index >= 15 is 0 Å². The minimum Gasteiger partial charge on any atom is -0.487 e. The van der Waals surface area contributed by atoms with E-state index in [9.17, 15) is 4.79 Å². The Kier molecular flexibility index (Phi) is 3.76. The highest BCUT2D eigenvalue weighted by Crippen LogP contribution is 2.52. The van der Waals surface area contributed by atoms with E-state index in [0.717, 1.165) is 30.7 Å². The van der Waals surface area contributed by atoms with Crippen molar-refractivity contribution >= 4 is 5.91 Å². The van der Waals surface area contributed by atoms with Crippen LogP contribution in [0, 0.1) is 5.92 Å². The third-order valence-corrected chi connectivity index (χ3v) is 6.35. The third kappa shape index (κ3) is 2.64. The number of amides is 1. The summed E-state index contributed by atoms with van der Waals surface area (Å²) in [5, 5.41) is 0. The minimum atomic E-state index is -0.335. The van der Waals surface area contributed by atoms with Crippen molar-refractivity contribution < 1.29 is 14.3 Å². The van der Waals surface area contributed by atoms with Crippen molar-refractivity contribution in [1.29, 1.82) is 0 Å². The molecule has 0 radical (unpaired) electrons. The number of carbonyl (C=O) groups excluding carboxylic acids is 1. The monoisotopic (exact) mass is 364 g/mol. The largest absolute Gasteiger partial charge is 0.487 e. The molecule has 2 fully saturated rings. The second-order valence-electron chi connectivity index (χ2n) is 8.27. The Morgan fingerprint density at radius 2 is 1.96 bits per heavy atom. The molecule has 4 atom stereocenters. The van der Waals surface area contributed by atoms with Crippen molar-refractivity contribution in [1.82, 2.24) is 9.88 Å². The van der Waals surface area contributed by atoms with E-state index in [2.05, 4.69) is 24.9 Å². The molecule has 0 unspecified atom stereocenters. The van der Waals surface area contributed by atoms with Crippen LogP contribution in [0.25, 0.3) is 0 Å². The maximum atomic E-state index is 13.0. The van der Waals surface area contributed by atoms with Gasteiger partial charge in [0, 0.05) is 36.0 Å². The van der Waals surface area contributed by atoms with Gasteiger partial charge in [-0.1, -0.05) is 18.2 Å². The van der Waals surface area contributed by atoms with E-state index < -0.39 is 0 Å². The average molecular weight is 364 g/mol. The van der Waals surface area contributed by atoms with Gasteiger partial charge in [0.25, 0.3) is 5.91 Å². The number of para-hydroxylation sites is 1. The maximum absolute atomic E-state index is 13.0. The molecule has 1 amide bonds. The van der Waals surface area contributed by atoms with Crippen LogP contribution in [-0.4, -0.2) is 40.1 Å². The van der Waals surface area contributed by atoms with Gasteiger partial charge in [-0.15, -0.1) is 0 Å². The van der Waals surface area contributed by atoms with Gasteiger partial charge in [-0.2, -0.15) is 0 Å². The molecule has 5 rings (SSSR count). The Hall–Kier alpha value is -2.40. The van der Waals surface area contributed by atoms with E-state index in [-0.39, 0.29) is 35.7 Å². The Labute approximate surface area is 159 Å². The maximum Gasteiger partial charge on any atom is 0.254 e.